The molecule has 0 unspecified atom stereocenters. The predicted octanol–water partition coefficient (Wildman–Crippen LogP) is 2.48. The lowest BCUT2D eigenvalue weighted by molar-refractivity contribution is -0.174. The highest BCUT2D eigenvalue weighted by Crippen LogP contribution is 2.66. The Balaban J connectivity index is 1.20. The topological polar surface area (TPSA) is 144 Å². The average Bonchev–Trinajstić information content (AvgIpc) is 3.53. The van der Waals surface area contributed by atoms with E-state index in [0.717, 1.165) is 18.4 Å². The van der Waals surface area contributed by atoms with Crippen molar-refractivity contribution in [3.8, 4) is 0 Å². The molecule has 1 heterocycles. The molecule has 0 spiro atoms. The standard InChI is InChI=1S/C31H41NO9/c1-29-12-10-19(33)15-18(29)6-7-20-21-11-13-31(39,30(21,2)16-23(34)27(20)29)24(35)17-41-26(37)9-8-25(36)32-14-4-5-22(32)28(38)40-3/h15,20-22,27,39H,4-14,16-17H2,1-3H3/t20-,21-,22+,27+,29+,30+,31+/m1/s1. The number of ketones is 3. The van der Waals surface area contributed by atoms with Gasteiger partial charge in [-0.25, -0.2) is 4.79 Å². The summed E-state index contributed by atoms with van der Waals surface area (Å²) in [5, 5.41) is 11.8. The Morgan fingerprint density at radius 3 is 2.54 bits per heavy atom. The number of amides is 1. The van der Waals surface area contributed by atoms with Gasteiger partial charge in [0.1, 0.15) is 17.4 Å². The normalized spacial score (nSPS) is 38.0. The van der Waals surface area contributed by atoms with Gasteiger partial charge in [-0.05, 0) is 68.3 Å². The smallest absolute Gasteiger partial charge is 0.328 e. The Bertz CT molecular complexity index is 1210. The van der Waals surface area contributed by atoms with E-state index in [9.17, 15) is 33.9 Å². The van der Waals surface area contributed by atoms with Gasteiger partial charge in [-0.1, -0.05) is 19.4 Å². The number of nitrogens with zero attached hydrogens (tertiary/aromatic N) is 1. The average molecular weight is 572 g/mol. The zero-order chi connectivity index (χ0) is 29.7. The molecule has 5 aliphatic rings. The predicted molar refractivity (Wildman–Crippen MR) is 144 cm³/mol. The molecule has 1 aliphatic heterocycles. The van der Waals surface area contributed by atoms with Crippen molar-refractivity contribution in [3.63, 3.8) is 0 Å². The number of allylic oxidation sites excluding steroid dienone is 1. The first-order chi connectivity index (χ1) is 19.4. The first-order valence-corrected chi connectivity index (χ1v) is 14.9. The van der Waals surface area contributed by atoms with Gasteiger partial charge in [0.05, 0.1) is 13.5 Å². The summed E-state index contributed by atoms with van der Waals surface area (Å²) in [6.45, 7) is 3.70. The summed E-state index contributed by atoms with van der Waals surface area (Å²) in [6, 6.07) is -0.650. The Kier molecular flexibility index (Phi) is 7.76. The number of fused-ring (bicyclic) bond motifs is 5. The Morgan fingerprint density at radius 2 is 1.80 bits per heavy atom. The van der Waals surface area contributed by atoms with Crippen LogP contribution < -0.4 is 0 Å². The van der Waals surface area contributed by atoms with Crippen LogP contribution in [0.25, 0.3) is 0 Å². The highest BCUT2D eigenvalue weighted by molar-refractivity contribution is 5.95. The van der Waals surface area contributed by atoms with Gasteiger partial charge in [0.2, 0.25) is 11.7 Å². The van der Waals surface area contributed by atoms with Crippen LogP contribution in [0.1, 0.15) is 84.5 Å². The van der Waals surface area contributed by atoms with E-state index in [1.54, 1.807) is 6.08 Å². The van der Waals surface area contributed by atoms with E-state index >= 15 is 0 Å². The lowest BCUT2D eigenvalue weighted by Crippen LogP contribution is -2.61. The molecule has 10 nitrogen and oxygen atoms in total. The molecule has 3 saturated carbocycles. The Labute approximate surface area is 240 Å². The number of ether oxygens (including phenoxy) is 2. The maximum absolute atomic E-state index is 13.8. The molecule has 0 radical (unpaired) electrons. The quantitative estimate of drug-likeness (QED) is 0.456. The molecule has 0 bridgehead atoms. The molecule has 0 aromatic carbocycles. The van der Waals surface area contributed by atoms with E-state index in [4.69, 9.17) is 9.47 Å². The SMILES string of the molecule is COC(=O)[C@@H]1CCCN1C(=O)CCC(=O)OCC(=O)[C@@]1(O)CC[C@@H]2[C@H]3CCC4=CC(=O)CC[C@]4(C)[C@@H]3C(=O)C[C@@]21C. The number of aliphatic hydroxyl groups is 1. The van der Waals surface area contributed by atoms with Gasteiger partial charge in [0, 0.05) is 37.1 Å². The lowest BCUT2D eigenvalue weighted by atomic mass is 9.46. The van der Waals surface area contributed by atoms with Gasteiger partial charge in [0.15, 0.2) is 12.4 Å². The second-order valence-electron chi connectivity index (χ2n) is 13.2. The highest BCUT2D eigenvalue weighted by atomic mass is 16.5. The number of Topliss-reactive ketones (excluding diaryl/α,β-unsaturated/α-hetero) is 2. The van der Waals surface area contributed by atoms with Crippen LogP contribution in [0.4, 0.5) is 0 Å². The fourth-order valence-corrected chi connectivity index (χ4v) is 8.98. The third-order valence-electron chi connectivity index (χ3n) is 11.2. The summed E-state index contributed by atoms with van der Waals surface area (Å²) in [7, 11) is 1.27. The maximum Gasteiger partial charge on any atom is 0.328 e. The molecule has 10 heteroatoms. The Hall–Kier alpha value is -2.88. The molecule has 1 amide bonds. The van der Waals surface area contributed by atoms with Crippen LogP contribution in [-0.4, -0.2) is 77.1 Å². The molecule has 4 aliphatic carbocycles. The van der Waals surface area contributed by atoms with Gasteiger partial charge in [0.25, 0.3) is 0 Å². The highest BCUT2D eigenvalue weighted by Gasteiger charge is 2.68. The van der Waals surface area contributed by atoms with E-state index in [1.807, 2.05) is 6.92 Å². The molecule has 41 heavy (non-hydrogen) atoms. The number of esters is 2. The molecule has 1 N–H and O–H groups in total. The van der Waals surface area contributed by atoms with Gasteiger partial charge < -0.3 is 19.5 Å². The number of hydrogen-bond donors (Lipinski definition) is 1. The fraction of sp³-hybridized carbons (Fsp3) is 0.742. The second kappa shape index (κ2) is 10.7. The molecule has 0 aromatic heterocycles. The molecule has 0 aromatic rings. The number of rotatable bonds is 7. The minimum atomic E-state index is -1.79. The van der Waals surface area contributed by atoms with Gasteiger partial charge >= 0.3 is 11.9 Å². The van der Waals surface area contributed by atoms with Crippen LogP contribution in [-0.2, 0) is 38.2 Å². The summed E-state index contributed by atoms with van der Waals surface area (Å²) in [6.07, 6.45) is 5.92. The monoisotopic (exact) mass is 571 g/mol. The third kappa shape index (κ3) is 4.76. The molecular formula is C31H41NO9. The second-order valence-corrected chi connectivity index (χ2v) is 13.2. The van der Waals surface area contributed by atoms with Crippen molar-refractivity contribution >= 4 is 35.2 Å². The summed E-state index contributed by atoms with van der Waals surface area (Å²) in [5.74, 6) is -2.30. The van der Waals surface area contributed by atoms with E-state index < -0.39 is 41.4 Å². The summed E-state index contributed by atoms with van der Waals surface area (Å²) >= 11 is 0. The van der Waals surface area contributed by atoms with Crippen molar-refractivity contribution in [2.45, 2.75) is 96.1 Å². The zero-order valence-corrected chi connectivity index (χ0v) is 24.2. The van der Waals surface area contributed by atoms with E-state index in [-0.39, 0.29) is 66.3 Å². The molecule has 7 atom stereocenters. The van der Waals surface area contributed by atoms with Crippen LogP contribution in [0.3, 0.4) is 0 Å². The van der Waals surface area contributed by atoms with Crippen molar-refractivity contribution in [2.24, 2.45) is 28.6 Å². The van der Waals surface area contributed by atoms with Crippen molar-refractivity contribution in [3.05, 3.63) is 11.6 Å². The third-order valence-corrected chi connectivity index (χ3v) is 11.2. The van der Waals surface area contributed by atoms with Crippen molar-refractivity contribution < 1.29 is 43.3 Å². The number of methoxy groups -OCH3 is 1. The first kappa shape index (κ1) is 29.6. The fourth-order valence-electron chi connectivity index (χ4n) is 8.98. The number of carbonyl (C=O) groups excluding carboxylic acids is 6. The summed E-state index contributed by atoms with van der Waals surface area (Å²) in [4.78, 5) is 77.6. The van der Waals surface area contributed by atoms with E-state index in [2.05, 4.69) is 6.92 Å². The van der Waals surface area contributed by atoms with E-state index in [1.165, 1.54) is 12.0 Å². The van der Waals surface area contributed by atoms with Crippen LogP contribution in [0.15, 0.2) is 11.6 Å². The molecule has 4 fully saturated rings. The molecular weight excluding hydrogens is 530 g/mol. The first-order valence-electron chi connectivity index (χ1n) is 14.9. The van der Waals surface area contributed by atoms with Crippen LogP contribution in [0.5, 0.6) is 0 Å². The largest absolute Gasteiger partial charge is 0.467 e. The summed E-state index contributed by atoms with van der Waals surface area (Å²) < 4.78 is 9.97. The van der Waals surface area contributed by atoms with Gasteiger partial charge in [-0.15, -0.1) is 0 Å². The summed E-state index contributed by atoms with van der Waals surface area (Å²) in [5.41, 5.74) is -2.06. The van der Waals surface area contributed by atoms with Gasteiger partial charge in [-0.2, -0.15) is 0 Å². The molecule has 224 valence electrons. The van der Waals surface area contributed by atoms with E-state index in [0.29, 0.717) is 38.6 Å². The van der Waals surface area contributed by atoms with Crippen LogP contribution >= 0.6 is 0 Å². The minimum absolute atomic E-state index is 0.0198. The van der Waals surface area contributed by atoms with Crippen molar-refractivity contribution in [1.29, 1.82) is 0 Å². The van der Waals surface area contributed by atoms with Crippen molar-refractivity contribution in [1.82, 2.24) is 4.90 Å². The van der Waals surface area contributed by atoms with Crippen LogP contribution in [0.2, 0.25) is 0 Å². The zero-order valence-electron chi connectivity index (χ0n) is 24.2. The number of likely N-dealkylation sites (tertiary alicyclic amines) is 1. The minimum Gasteiger partial charge on any atom is -0.467 e. The maximum atomic E-state index is 13.8. The number of carbonyl (C=O) groups is 6. The Morgan fingerprint density at radius 1 is 1.05 bits per heavy atom. The number of hydrogen-bond acceptors (Lipinski definition) is 9. The van der Waals surface area contributed by atoms with Crippen LogP contribution in [0, 0.1) is 28.6 Å². The molecule has 5 rings (SSSR count). The molecule has 1 saturated heterocycles. The van der Waals surface area contributed by atoms with Gasteiger partial charge in [-0.3, -0.25) is 24.0 Å². The van der Waals surface area contributed by atoms with Crippen molar-refractivity contribution in [2.75, 3.05) is 20.3 Å². The lowest BCUT2D eigenvalue weighted by Gasteiger charge is -2.57.